The molecule has 0 saturated carbocycles. The molecule has 0 spiro atoms. The lowest BCUT2D eigenvalue weighted by Gasteiger charge is -2.27. The molecule has 4 nitrogen and oxygen atoms in total. The van der Waals surface area contributed by atoms with Gasteiger partial charge in [-0.3, -0.25) is 4.90 Å². The topological polar surface area (TPSA) is 41.2 Å². The van der Waals surface area contributed by atoms with E-state index in [1.165, 1.54) is 11.1 Å². The third-order valence-electron chi connectivity index (χ3n) is 4.16. The minimum absolute atomic E-state index is 0.826. The second-order valence-corrected chi connectivity index (χ2v) is 5.65. The van der Waals surface area contributed by atoms with Crippen LogP contribution < -0.4 is 0 Å². The van der Waals surface area contributed by atoms with E-state index in [1.807, 2.05) is 18.2 Å². The van der Waals surface area contributed by atoms with E-state index in [1.54, 1.807) is 0 Å². The van der Waals surface area contributed by atoms with E-state index in [-0.39, 0.29) is 0 Å². The maximum absolute atomic E-state index is 5.43. The number of nitrogens with one attached hydrogen (secondary N) is 1. The van der Waals surface area contributed by atoms with Crippen LogP contribution in [-0.4, -0.2) is 41.2 Å². The minimum Gasteiger partial charge on any atom is -0.379 e. The van der Waals surface area contributed by atoms with Gasteiger partial charge in [0.15, 0.2) is 0 Å². The van der Waals surface area contributed by atoms with Gasteiger partial charge in [-0.05, 0) is 17.7 Å². The summed E-state index contributed by atoms with van der Waals surface area (Å²) >= 11 is 0. The fourth-order valence-corrected chi connectivity index (χ4v) is 2.97. The van der Waals surface area contributed by atoms with Crippen molar-refractivity contribution in [3.05, 3.63) is 54.1 Å². The molecule has 1 aromatic heterocycles. The van der Waals surface area contributed by atoms with Crippen LogP contribution in [0.1, 0.15) is 5.56 Å². The molecule has 1 aliphatic heterocycles. The lowest BCUT2D eigenvalue weighted by molar-refractivity contribution is 0.0342. The minimum atomic E-state index is 0.826. The van der Waals surface area contributed by atoms with Crippen molar-refractivity contribution in [1.29, 1.82) is 0 Å². The van der Waals surface area contributed by atoms with Gasteiger partial charge in [-0.1, -0.05) is 36.4 Å². The largest absolute Gasteiger partial charge is 0.379 e. The van der Waals surface area contributed by atoms with Crippen LogP contribution in [0.4, 0.5) is 0 Å². The zero-order valence-electron chi connectivity index (χ0n) is 12.5. The van der Waals surface area contributed by atoms with Crippen LogP contribution in [0.3, 0.4) is 0 Å². The van der Waals surface area contributed by atoms with Crippen LogP contribution in [0.25, 0.3) is 22.4 Å². The predicted molar refractivity (Wildman–Crippen MR) is 87.6 cm³/mol. The lowest BCUT2D eigenvalue weighted by atomic mass is 10.1. The summed E-state index contributed by atoms with van der Waals surface area (Å²) in [5, 5.41) is 0. The molecule has 0 aliphatic carbocycles. The van der Waals surface area contributed by atoms with Crippen molar-refractivity contribution in [3.8, 4) is 11.4 Å². The predicted octanol–water partition coefficient (Wildman–Crippen LogP) is 3.06. The number of nitrogens with zero attached hydrogens (tertiary/aromatic N) is 2. The zero-order chi connectivity index (χ0) is 14.8. The van der Waals surface area contributed by atoms with Crippen molar-refractivity contribution in [1.82, 2.24) is 14.9 Å². The average Bonchev–Trinajstić information content (AvgIpc) is 3.00. The first kappa shape index (κ1) is 13.5. The van der Waals surface area contributed by atoms with E-state index in [0.29, 0.717) is 0 Å². The summed E-state index contributed by atoms with van der Waals surface area (Å²) in [6.07, 6.45) is 0. The molecule has 1 N–H and O–H groups in total. The standard InChI is InChI=1S/C18H19N3O/c1-2-6-15(14(5-1)13-21-9-11-22-12-10-21)18-19-16-7-3-4-8-17(16)20-18/h1-8H,9-13H2,(H,19,20). The number of H-pyrrole nitrogens is 1. The Morgan fingerprint density at radius 2 is 1.77 bits per heavy atom. The molecule has 2 aromatic carbocycles. The molecule has 4 heteroatoms. The van der Waals surface area contributed by atoms with Gasteiger partial charge in [-0.15, -0.1) is 0 Å². The molecule has 1 saturated heterocycles. The van der Waals surface area contributed by atoms with Crippen LogP contribution in [0, 0.1) is 0 Å². The fourth-order valence-electron chi connectivity index (χ4n) is 2.97. The van der Waals surface area contributed by atoms with Crippen LogP contribution >= 0.6 is 0 Å². The summed E-state index contributed by atoms with van der Waals surface area (Å²) in [5.41, 5.74) is 4.59. The Hall–Kier alpha value is -2.17. The molecule has 0 unspecified atom stereocenters. The van der Waals surface area contributed by atoms with Crippen molar-refractivity contribution in [2.24, 2.45) is 0 Å². The number of aromatic nitrogens is 2. The highest BCUT2D eigenvalue weighted by atomic mass is 16.5. The smallest absolute Gasteiger partial charge is 0.138 e. The molecule has 4 rings (SSSR count). The second-order valence-electron chi connectivity index (χ2n) is 5.65. The first-order valence-corrected chi connectivity index (χ1v) is 7.73. The van der Waals surface area contributed by atoms with E-state index in [2.05, 4.69) is 40.2 Å². The van der Waals surface area contributed by atoms with E-state index in [4.69, 9.17) is 9.72 Å². The van der Waals surface area contributed by atoms with E-state index in [9.17, 15) is 0 Å². The normalized spacial score (nSPS) is 16.2. The van der Waals surface area contributed by atoms with Crippen molar-refractivity contribution >= 4 is 11.0 Å². The molecule has 0 bridgehead atoms. The summed E-state index contributed by atoms with van der Waals surface area (Å²) < 4.78 is 5.43. The monoisotopic (exact) mass is 293 g/mol. The number of rotatable bonds is 3. The fraction of sp³-hybridized carbons (Fsp3) is 0.278. The average molecular weight is 293 g/mol. The van der Waals surface area contributed by atoms with Crippen LogP contribution in [-0.2, 0) is 11.3 Å². The second kappa shape index (κ2) is 5.91. The van der Waals surface area contributed by atoms with Crippen LogP contribution in [0.5, 0.6) is 0 Å². The molecular weight excluding hydrogens is 274 g/mol. The third-order valence-corrected chi connectivity index (χ3v) is 4.16. The SMILES string of the molecule is c1ccc(-c2nc3ccccc3[nH]2)c(CN2CCOCC2)c1. The Kier molecular flexibility index (Phi) is 3.62. The molecule has 1 fully saturated rings. The molecule has 112 valence electrons. The van der Waals surface area contributed by atoms with E-state index >= 15 is 0 Å². The van der Waals surface area contributed by atoms with Gasteiger partial charge in [0.2, 0.25) is 0 Å². The Morgan fingerprint density at radius 1 is 1.00 bits per heavy atom. The summed E-state index contributed by atoms with van der Waals surface area (Å²) in [7, 11) is 0. The number of morpholine rings is 1. The molecule has 3 aromatic rings. The Labute approximate surface area is 129 Å². The molecular formula is C18H19N3O. The van der Waals surface area contributed by atoms with Crippen molar-refractivity contribution < 1.29 is 4.74 Å². The molecule has 0 radical (unpaired) electrons. The third kappa shape index (κ3) is 2.63. The molecule has 22 heavy (non-hydrogen) atoms. The number of aromatic amines is 1. The number of fused-ring (bicyclic) bond motifs is 1. The maximum Gasteiger partial charge on any atom is 0.138 e. The highest BCUT2D eigenvalue weighted by Gasteiger charge is 2.14. The van der Waals surface area contributed by atoms with Gasteiger partial charge in [-0.25, -0.2) is 4.98 Å². The zero-order valence-corrected chi connectivity index (χ0v) is 12.5. The molecule has 0 atom stereocenters. The van der Waals surface area contributed by atoms with Crippen molar-refractivity contribution in [3.63, 3.8) is 0 Å². The number of para-hydroxylation sites is 2. The first-order chi connectivity index (χ1) is 10.9. The number of hydrogen-bond acceptors (Lipinski definition) is 3. The number of imidazole rings is 1. The molecule has 1 aliphatic rings. The molecule has 0 amide bonds. The van der Waals surface area contributed by atoms with Gasteiger partial charge in [0.25, 0.3) is 0 Å². The summed E-state index contributed by atoms with van der Waals surface area (Å²) in [6.45, 7) is 4.58. The van der Waals surface area contributed by atoms with Gasteiger partial charge in [0.05, 0.1) is 24.2 Å². The lowest BCUT2D eigenvalue weighted by Crippen LogP contribution is -2.35. The van der Waals surface area contributed by atoms with Gasteiger partial charge in [0, 0.05) is 25.2 Å². The number of benzene rings is 2. The van der Waals surface area contributed by atoms with Gasteiger partial charge in [-0.2, -0.15) is 0 Å². The Bertz CT molecular complexity index is 742. The number of hydrogen-bond donors (Lipinski definition) is 1. The Morgan fingerprint density at radius 3 is 2.64 bits per heavy atom. The van der Waals surface area contributed by atoms with E-state index < -0.39 is 0 Å². The summed E-state index contributed by atoms with van der Waals surface area (Å²) in [4.78, 5) is 10.6. The first-order valence-electron chi connectivity index (χ1n) is 7.73. The maximum atomic E-state index is 5.43. The quantitative estimate of drug-likeness (QED) is 0.807. The van der Waals surface area contributed by atoms with Crippen LogP contribution in [0.2, 0.25) is 0 Å². The van der Waals surface area contributed by atoms with Crippen molar-refractivity contribution in [2.75, 3.05) is 26.3 Å². The van der Waals surface area contributed by atoms with Gasteiger partial charge < -0.3 is 9.72 Å². The summed E-state index contributed by atoms with van der Waals surface area (Å²) in [6, 6.07) is 16.7. The highest BCUT2D eigenvalue weighted by Crippen LogP contribution is 2.25. The number of ether oxygens (including phenoxy) is 1. The van der Waals surface area contributed by atoms with Gasteiger partial charge >= 0.3 is 0 Å². The Balaban J connectivity index is 1.68. The van der Waals surface area contributed by atoms with Crippen molar-refractivity contribution in [2.45, 2.75) is 6.54 Å². The van der Waals surface area contributed by atoms with Gasteiger partial charge in [0.1, 0.15) is 5.82 Å². The van der Waals surface area contributed by atoms with Crippen LogP contribution in [0.15, 0.2) is 48.5 Å². The van der Waals surface area contributed by atoms with E-state index in [0.717, 1.165) is 49.7 Å². The highest BCUT2D eigenvalue weighted by molar-refractivity contribution is 5.79. The summed E-state index contributed by atoms with van der Waals surface area (Å²) in [5.74, 6) is 0.949. The molecule has 2 heterocycles.